The maximum absolute atomic E-state index is 12.3. The predicted octanol–water partition coefficient (Wildman–Crippen LogP) is 1.54. The predicted molar refractivity (Wildman–Crippen MR) is 98.1 cm³/mol. The standard InChI is InChI=1S/C20H34N4O/c1-14-19-10-18(25)9-15-11-21-8-7-20(15,19)24(22-14)17-12-23(13-17)16-5-3-2-4-6-16/h14-17,19,21-22H,2-13H2,1H3. The van der Waals surface area contributed by atoms with Gasteiger partial charge < -0.3 is 5.32 Å². The van der Waals surface area contributed by atoms with Crippen LogP contribution in [-0.2, 0) is 4.79 Å². The Morgan fingerprint density at radius 3 is 2.68 bits per heavy atom. The van der Waals surface area contributed by atoms with Crippen LogP contribution in [0.5, 0.6) is 0 Å². The Labute approximate surface area is 151 Å². The van der Waals surface area contributed by atoms with Gasteiger partial charge in [0, 0.05) is 56.0 Å². The molecule has 0 aromatic rings. The van der Waals surface area contributed by atoms with E-state index in [0.717, 1.165) is 32.0 Å². The van der Waals surface area contributed by atoms with Gasteiger partial charge in [-0.25, -0.2) is 5.01 Å². The van der Waals surface area contributed by atoms with E-state index in [-0.39, 0.29) is 5.54 Å². The summed E-state index contributed by atoms with van der Waals surface area (Å²) in [5.41, 5.74) is 4.08. The molecule has 0 aromatic carbocycles. The van der Waals surface area contributed by atoms with Gasteiger partial charge in [-0.2, -0.15) is 0 Å². The fourth-order valence-corrected chi connectivity index (χ4v) is 6.84. The molecular weight excluding hydrogens is 312 g/mol. The summed E-state index contributed by atoms with van der Waals surface area (Å²) in [6.07, 6.45) is 9.88. The lowest BCUT2D eigenvalue weighted by Crippen LogP contribution is -2.72. The molecule has 0 amide bonds. The van der Waals surface area contributed by atoms with Crippen LogP contribution >= 0.6 is 0 Å². The normalized spacial score (nSPS) is 44.4. The second-order valence-corrected chi connectivity index (χ2v) is 9.38. The molecule has 25 heavy (non-hydrogen) atoms. The number of nitrogens with one attached hydrogen (secondary N) is 2. The third-order valence-electron chi connectivity index (χ3n) is 8.11. The lowest BCUT2D eigenvalue weighted by atomic mass is 9.61. The minimum absolute atomic E-state index is 0.224. The zero-order valence-electron chi connectivity index (χ0n) is 15.7. The van der Waals surface area contributed by atoms with Crippen molar-refractivity contribution in [3.63, 3.8) is 0 Å². The van der Waals surface area contributed by atoms with Crippen LogP contribution in [0.3, 0.4) is 0 Å². The molecule has 2 N–H and O–H groups in total. The van der Waals surface area contributed by atoms with Gasteiger partial charge in [-0.1, -0.05) is 19.3 Å². The molecule has 5 fully saturated rings. The Balaban J connectivity index is 1.34. The maximum Gasteiger partial charge on any atom is 0.133 e. The first-order valence-corrected chi connectivity index (χ1v) is 10.7. The number of hydrazine groups is 1. The Hall–Kier alpha value is -0.490. The summed E-state index contributed by atoms with van der Waals surface area (Å²) in [5, 5.41) is 6.25. The highest BCUT2D eigenvalue weighted by molar-refractivity contribution is 5.80. The van der Waals surface area contributed by atoms with Crippen LogP contribution in [0.4, 0.5) is 0 Å². The summed E-state index contributed by atoms with van der Waals surface area (Å²) < 4.78 is 0. The molecule has 2 aliphatic carbocycles. The van der Waals surface area contributed by atoms with Gasteiger partial charge in [0.1, 0.15) is 5.78 Å². The van der Waals surface area contributed by atoms with Crippen molar-refractivity contribution in [1.82, 2.24) is 20.7 Å². The number of likely N-dealkylation sites (tertiary alicyclic amines) is 1. The van der Waals surface area contributed by atoms with Crippen LogP contribution in [0.25, 0.3) is 0 Å². The molecule has 2 saturated carbocycles. The first-order chi connectivity index (χ1) is 12.2. The highest BCUT2D eigenvalue weighted by Crippen LogP contribution is 2.51. The van der Waals surface area contributed by atoms with Crippen molar-refractivity contribution < 1.29 is 4.79 Å². The average molecular weight is 347 g/mol. The van der Waals surface area contributed by atoms with E-state index >= 15 is 0 Å². The summed E-state index contributed by atoms with van der Waals surface area (Å²) in [7, 11) is 0. The van der Waals surface area contributed by atoms with Crippen molar-refractivity contribution in [2.24, 2.45) is 11.8 Å². The van der Waals surface area contributed by atoms with Crippen molar-refractivity contribution in [3.05, 3.63) is 0 Å². The van der Waals surface area contributed by atoms with Gasteiger partial charge in [-0.3, -0.25) is 15.1 Å². The first kappa shape index (κ1) is 16.7. The molecule has 0 bridgehead atoms. The third kappa shape index (κ3) is 2.53. The minimum Gasteiger partial charge on any atom is -0.316 e. The molecular formula is C20H34N4O. The molecule has 5 heteroatoms. The largest absolute Gasteiger partial charge is 0.316 e. The summed E-state index contributed by atoms with van der Waals surface area (Å²) in [6.45, 7) is 6.89. The van der Waals surface area contributed by atoms with Crippen LogP contribution in [0.15, 0.2) is 0 Å². The van der Waals surface area contributed by atoms with Gasteiger partial charge in [-0.15, -0.1) is 0 Å². The number of Topliss-reactive ketones (excluding diaryl/α,β-unsaturated/α-hetero) is 1. The van der Waals surface area contributed by atoms with Crippen LogP contribution in [0.1, 0.15) is 58.3 Å². The molecule has 3 aliphatic heterocycles. The summed E-state index contributed by atoms with van der Waals surface area (Å²) in [4.78, 5) is 15.1. The van der Waals surface area contributed by atoms with Crippen LogP contribution < -0.4 is 10.7 Å². The van der Waals surface area contributed by atoms with E-state index in [1.807, 2.05) is 0 Å². The third-order valence-corrected chi connectivity index (χ3v) is 8.11. The zero-order chi connectivity index (χ0) is 17.0. The first-order valence-electron chi connectivity index (χ1n) is 10.7. The van der Waals surface area contributed by atoms with E-state index in [1.54, 1.807) is 0 Å². The van der Waals surface area contributed by atoms with Crippen LogP contribution in [0.2, 0.25) is 0 Å². The molecule has 4 unspecified atom stereocenters. The highest BCUT2D eigenvalue weighted by atomic mass is 16.1. The number of nitrogens with zero attached hydrogens (tertiary/aromatic N) is 2. The number of hydrogen-bond acceptors (Lipinski definition) is 5. The van der Waals surface area contributed by atoms with Crippen molar-refractivity contribution >= 4 is 5.78 Å². The smallest absolute Gasteiger partial charge is 0.133 e. The van der Waals surface area contributed by atoms with Gasteiger partial charge in [0.15, 0.2) is 0 Å². The fraction of sp³-hybridized carbons (Fsp3) is 0.950. The van der Waals surface area contributed by atoms with Crippen molar-refractivity contribution in [3.8, 4) is 0 Å². The second-order valence-electron chi connectivity index (χ2n) is 9.38. The number of carbonyl (C=O) groups is 1. The molecule has 140 valence electrons. The lowest BCUT2D eigenvalue weighted by molar-refractivity contribution is -0.138. The molecule has 5 aliphatic rings. The summed E-state index contributed by atoms with van der Waals surface area (Å²) in [6, 6.07) is 1.92. The maximum atomic E-state index is 12.3. The monoisotopic (exact) mass is 346 g/mol. The number of piperidine rings is 1. The van der Waals surface area contributed by atoms with Crippen molar-refractivity contribution in [2.45, 2.75) is 82.0 Å². The Morgan fingerprint density at radius 1 is 1.08 bits per heavy atom. The lowest BCUT2D eigenvalue weighted by Gasteiger charge is -2.58. The van der Waals surface area contributed by atoms with E-state index in [9.17, 15) is 4.79 Å². The molecule has 0 radical (unpaired) electrons. The topological polar surface area (TPSA) is 47.6 Å². The summed E-state index contributed by atoms with van der Waals surface area (Å²) in [5.74, 6) is 1.49. The van der Waals surface area contributed by atoms with Crippen LogP contribution in [0, 0.1) is 11.8 Å². The molecule has 5 nitrogen and oxygen atoms in total. The van der Waals surface area contributed by atoms with E-state index in [0.29, 0.717) is 29.7 Å². The van der Waals surface area contributed by atoms with Gasteiger partial charge >= 0.3 is 0 Å². The van der Waals surface area contributed by atoms with Gasteiger partial charge in [0.2, 0.25) is 0 Å². The highest BCUT2D eigenvalue weighted by Gasteiger charge is 2.62. The van der Waals surface area contributed by atoms with Gasteiger partial charge in [-0.05, 0) is 38.6 Å². The average Bonchev–Trinajstić information content (AvgIpc) is 2.85. The van der Waals surface area contributed by atoms with Crippen molar-refractivity contribution in [2.75, 3.05) is 26.2 Å². The van der Waals surface area contributed by atoms with Crippen LogP contribution in [-0.4, -0.2) is 65.5 Å². The number of carbonyl (C=O) groups excluding carboxylic acids is 1. The fourth-order valence-electron chi connectivity index (χ4n) is 6.84. The molecule has 3 saturated heterocycles. The number of rotatable bonds is 2. The Bertz CT molecular complexity index is 528. The molecule has 5 rings (SSSR count). The number of ketones is 1. The Kier molecular flexibility index (Phi) is 4.20. The van der Waals surface area contributed by atoms with E-state index in [1.165, 1.54) is 51.6 Å². The molecule has 3 heterocycles. The molecule has 4 atom stereocenters. The molecule has 0 aromatic heterocycles. The van der Waals surface area contributed by atoms with E-state index in [4.69, 9.17) is 0 Å². The summed E-state index contributed by atoms with van der Waals surface area (Å²) >= 11 is 0. The van der Waals surface area contributed by atoms with Gasteiger partial charge in [0.25, 0.3) is 0 Å². The van der Waals surface area contributed by atoms with Gasteiger partial charge in [0.05, 0.1) is 6.04 Å². The zero-order valence-corrected chi connectivity index (χ0v) is 15.7. The molecule has 1 spiro atoms. The van der Waals surface area contributed by atoms with Crippen molar-refractivity contribution in [1.29, 1.82) is 0 Å². The van der Waals surface area contributed by atoms with E-state index in [2.05, 4.69) is 27.6 Å². The quantitative estimate of drug-likeness (QED) is 0.794. The number of hydrogen-bond donors (Lipinski definition) is 2. The second kappa shape index (κ2) is 6.29. The minimum atomic E-state index is 0.224. The Morgan fingerprint density at radius 2 is 1.88 bits per heavy atom. The van der Waals surface area contributed by atoms with E-state index < -0.39 is 0 Å². The SMILES string of the molecule is CC1NN(C2CN(C3CCCCC3)C2)C23CCNCC2CC(=O)CC13.